The van der Waals surface area contributed by atoms with Crippen LogP contribution in [0.25, 0.3) is 0 Å². The van der Waals surface area contributed by atoms with E-state index in [4.69, 9.17) is 0 Å². The molecule has 4 nitrogen and oxygen atoms in total. The number of nitrogens with one attached hydrogen (secondary N) is 2. The van der Waals surface area contributed by atoms with Crippen molar-refractivity contribution in [1.29, 1.82) is 0 Å². The summed E-state index contributed by atoms with van der Waals surface area (Å²) < 4.78 is 65.3. The van der Waals surface area contributed by atoms with Crippen molar-refractivity contribution in [1.82, 2.24) is 0 Å². The molecule has 0 radical (unpaired) electrons. The maximum absolute atomic E-state index is 13.6. The van der Waals surface area contributed by atoms with Crippen molar-refractivity contribution in [3.05, 3.63) is 59.7 Å². The predicted octanol–water partition coefficient (Wildman–Crippen LogP) is 2.33. The number of carbonyl (C=O) groups is 1. The fraction of sp³-hybridized carbons (Fsp3) is 0.316. The van der Waals surface area contributed by atoms with E-state index in [0.29, 0.717) is 31.9 Å². The van der Waals surface area contributed by atoms with Crippen LogP contribution in [-0.2, 0) is 11.0 Å². The molecule has 9 heteroatoms. The lowest BCUT2D eigenvalue weighted by Crippen LogP contribution is -3.15. The third kappa shape index (κ3) is 4.98. The smallest absolute Gasteiger partial charge is 0.360 e. The lowest BCUT2D eigenvalue weighted by molar-refractivity contribution is -0.892. The Balaban J connectivity index is 1.54. The minimum absolute atomic E-state index is 0.0619. The topological polar surface area (TPSA) is 36.8 Å². The molecule has 0 spiro atoms. The van der Waals surface area contributed by atoms with Gasteiger partial charge in [0.1, 0.15) is 11.6 Å². The van der Waals surface area contributed by atoms with Crippen LogP contribution in [0.1, 0.15) is 5.56 Å². The number of alkyl halides is 3. The number of benzene rings is 2. The molecule has 0 aliphatic carbocycles. The van der Waals surface area contributed by atoms with E-state index < -0.39 is 29.3 Å². The number of carbonyl (C=O) groups excluding carboxylic acids is 1. The average molecular weight is 400 g/mol. The monoisotopic (exact) mass is 400 g/mol. The van der Waals surface area contributed by atoms with E-state index in [2.05, 4.69) is 5.32 Å². The van der Waals surface area contributed by atoms with Gasteiger partial charge in [-0.3, -0.25) is 4.79 Å². The second kappa shape index (κ2) is 8.14. The summed E-state index contributed by atoms with van der Waals surface area (Å²) in [5.41, 5.74) is -0.427. The first kappa shape index (κ1) is 20.1. The Morgan fingerprint density at radius 3 is 2.46 bits per heavy atom. The van der Waals surface area contributed by atoms with Crippen LogP contribution in [0.15, 0.2) is 42.5 Å². The van der Waals surface area contributed by atoms with Crippen LogP contribution in [0.4, 0.5) is 33.3 Å². The van der Waals surface area contributed by atoms with Crippen LogP contribution < -0.4 is 15.1 Å². The summed E-state index contributed by atoms with van der Waals surface area (Å²) >= 11 is 0. The third-order valence-corrected chi connectivity index (χ3v) is 4.62. The summed E-state index contributed by atoms with van der Waals surface area (Å²) in [6.45, 7) is 2.10. The van der Waals surface area contributed by atoms with Gasteiger partial charge in [-0.2, -0.15) is 13.2 Å². The summed E-state index contributed by atoms with van der Waals surface area (Å²) in [4.78, 5) is 14.8. The van der Waals surface area contributed by atoms with Gasteiger partial charge in [-0.15, -0.1) is 0 Å². The molecule has 1 amide bonds. The highest BCUT2D eigenvalue weighted by Gasteiger charge is 2.31. The Kier molecular flexibility index (Phi) is 5.83. The first-order valence-electron chi connectivity index (χ1n) is 8.73. The molecule has 0 unspecified atom stereocenters. The molecule has 1 heterocycles. The van der Waals surface area contributed by atoms with E-state index >= 15 is 0 Å². The third-order valence-electron chi connectivity index (χ3n) is 4.62. The van der Waals surface area contributed by atoms with E-state index in [9.17, 15) is 26.7 Å². The summed E-state index contributed by atoms with van der Waals surface area (Å²) in [5.74, 6) is -1.83. The highest BCUT2D eigenvalue weighted by Crippen LogP contribution is 2.31. The van der Waals surface area contributed by atoms with Crippen LogP contribution in [0.2, 0.25) is 0 Å². The standard InChI is InChI=1S/C19H18F5N3O/c20-14-4-5-16(21)17(11-14)25-18(28)12-26-6-8-27(9-7-26)15-3-1-2-13(10-15)19(22,23)24/h1-5,10-11H,6-9,12H2,(H,25,28)/p+1. The molecule has 0 atom stereocenters. The van der Waals surface area contributed by atoms with Crippen LogP contribution >= 0.6 is 0 Å². The first-order valence-corrected chi connectivity index (χ1v) is 8.73. The quantitative estimate of drug-likeness (QED) is 0.774. The number of quaternary nitrogens is 1. The first-order chi connectivity index (χ1) is 13.2. The zero-order valence-electron chi connectivity index (χ0n) is 14.8. The number of nitrogens with zero attached hydrogens (tertiary/aromatic N) is 1. The van der Waals surface area contributed by atoms with Gasteiger partial charge in [-0.05, 0) is 30.3 Å². The molecule has 2 N–H and O–H groups in total. The van der Waals surface area contributed by atoms with Crippen LogP contribution in [-0.4, -0.2) is 38.6 Å². The van der Waals surface area contributed by atoms with Crippen LogP contribution in [0.5, 0.6) is 0 Å². The Bertz CT molecular complexity index is 848. The van der Waals surface area contributed by atoms with Gasteiger partial charge in [0.25, 0.3) is 5.91 Å². The maximum Gasteiger partial charge on any atom is 0.416 e. The Labute approximate surface area is 158 Å². The maximum atomic E-state index is 13.6. The van der Waals surface area contributed by atoms with Gasteiger partial charge in [0.05, 0.1) is 37.4 Å². The van der Waals surface area contributed by atoms with Gasteiger partial charge in [-0.1, -0.05) is 6.07 Å². The number of piperazine rings is 1. The zero-order valence-corrected chi connectivity index (χ0v) is 14.8. The summed E-state index contributed by atoms with van der Waals surface area (Å²) in [5, 5.41) is 2.35. The number of anilines is 2. The van der Waals surface area contributed by atoms with Gasteiger partial charge in [-0.25, -0.2) is 8.78 Å². The summed E-state index contributed by atoms with van der Waals surface area (Å²) in [6, 6.07) is 7.95. The number of halogens is 5. The summed E-state index contributed by atoms with van der Waals surface area (Å²) in [7, 11) is 0. The van der Waals surface area contributed by atoms with Gasteiger partial charge < -0.3 is 15.1 Å². The number of hydrogen-bond acceptors (Lipinski definition) is 2. The fourth-order valence-corrected chi connectivity index (χ4v) is 3.15. The van der Waals surface area contributed by atoms with E-state index in [0.717, 1.165) is 35.2 Å². The SMILES string of the molecule is O=C(C[NH+]1CCN(c2cccc(C(F)(F)F)c2)CC1)Nc1cc(F)ccc1F. The van der Waals surface area contributed by atoms with Gasteiger partial charge in [0.2, 0.25) is 0 Å². The average Bonchev–Trinajstić information content (AvgIpc) is 2.65. The van der Waals surface area contributed by atoms with Crippen molar-refractivity contribution in [2.24, 2.45) is 0 Å². The van der Waals surface area contributed by atoms with Crippen molar-refractivity contribution < 1.29 is 31.6 Å². The summed E-state index contributed by atoms with van der Waals surface area (Å²) in [6.07, 6.45) is -4.40. The molecule has 28 heavy (non-hydrogen) atoms. The second-order valence-corrected chi connectivity index (χ2v) is 6.63. The highest BCUT2D eigenvalue weighted by atomic mass is 19.4. The molecule has 1 aliphatic rings. The Morgan fingerprint density at radius 2 is 1.79 bits per heavy atom. The molecular weight excluding hydrogens is 381 g/mol. The van der Waals surface area contributed by atoms with E-state index in [1.807, 2.05) is 4.90 Å². The Hall–Kier alpha value is -2.68. The molecule has 3 rings (SSSR count). The largest absolute Gasteiger partial charge is 0.416 e. The van der Waals surface area contributed by atoms with Crippen molar-refractivity contribution in [3.63, 3.8) is 0 Å². The van der Waals surface area contributed by atoms with Crippen molar-refractivity contribution in [2.75, 3.05) is 42.9 Å². The van der Waals surface area contributed by atoms with Gasteiger partial charge in [0.15, 0.2) is 6.54 Å². The molecule has 1 fully saturated rings. The number of rotatable bonds is 4. The van der Waals surface area contributed by atoms with Crippen LogP contribution in [0, 0.1) is 11.6 Å². The minimum Gasteiger partial charge on any atom is -0.360 e. The molecule has 2 aromatic carbocycles. The lowest BCUT2D eigenvalue weighted by Gasteiger charge is -2.33. The highest BCUT2D eigenvalue weighted by molar-refractivity contribution is 5.91. The van der Waals surface area contributed by atoms with Crippen LogP contribution in [0.3, 0.4) is 0 Å². The Morgan fingerprint density at radius 1 is 1.07 bits per heavy atom. The van der Waals surface area contributed by atoms with E-state index in [1.54, 1.807) is 6.07 Å². The van der Waals surface area contributed by atoms with Gasteiger partial charge >= 0.3 is 6.18 Å². The molecule has 1 aliphatic heterocycles. The molecular formula is C19H19F5N3O+. The predicted molar refractivity (Wildman–Crippen MR) is 94.2 cm³/mol. The van der Waals surface area contributed by atoms with E-state index in [1.165, 1.54) is 6.07 Å². The minimum atomic E-state index is -4.40. The van der Waals surface area contributed by atoms with Crippen molar-refractivity contribution in [2.45, 2.75) is 6.18 Å². The molecule has 1 saturated heterocycles. The zero-order chi connectivity index (χ0) is 20.3. The lowest BCUT2D eigenvalue weighted by atomic mass is 10.1. The molecule has 0 saturated carbocycles. The number of hydrogen-bond donors (Lipinski definition) is 2. The second-order valence-electron chi connectivity index (χ2n) is 6.63. The fourth-order valence-electron chi connectivity index (χ4n) is 3.15. The van der Waals surface area contributed by atoms with Crippen molar-refractivity contribution >= 4 is 17.3 Å². The molecule has 2 aromatic rings. The molecule has 0 aromatic heterocycles. The normalized spacial score (nSPS) is 15.5. The van der Waals surface area contributed by atoms with Crippen molar-refractivity contribution in [3.8, 4) is 0 Å². The molecule has 150 valence electrons. The molecule has 0 bridgehead atoms. The number of amides is 1. The van der Waals surface area contributed by atoms with E-state index in [-0.39, 0.29) is 12.2 Å². The van der Waals surface area contributed by atoms with Gasteiger partial charge in [0, 0.05) is 11.8 Å².